The summed E-state index contributed by atoms with van der Waals surface area (Å²) in [5, 5.41) is 5.91. The molecule has 102 valence electrons. The number of hydrogen-bond acceptors (Lipinski definition) is 2. The minimum Gasteiger partial charge on any atom is -0.331 e. The lowest BCUT2D eigenvalue weighted by atomic mass is 10.2. The van der Waals surface area contributed by atoms with Crippen molar-refractivity contribution in [1.82, 2.24) is 5.32 Å². The van der Waals surface area contributed by atoms with Crippen LogP contribution < -0.4 is 10.6 Å². The van der Waals surface area contributed by atoms with Crippen LogP contribution in [-0.4, -0.2) is 11.0 Å². The van der Waals surface area contributed by atoms with Gasteiger partial charge in [-0.15, -0.1) is 0 Å². The number of rotatable bonds is 2. The summed E-state index contributed by atoms with van der Waals surface area (Å²) in [5.41, 5.74) is 1.41. The number of carbonyl (C=O) groups excluding carboxylic acids is 1. The molecule has 0 unspecified atom stereocenters. The Balaban J connectivity index is 2.04. The predicted molar refractivity (Wildman–Crippen MR) is 97.0 cm³/mol. The van der Waals surface area contributed by atoms with E-state index < -0.39 is 0 Å². The molecular formula is C14H10BrIN2OS. The maximum Gasteiger partial charge on any atom is 0.258 e. The SMILES string of the molecule is O=C(NC(=S)Nc1ccccc1Br)c1ccccc1I. The van der Waals surface area contributed by atoms with Crippen molar-refractivity contribution >= 4 is 67.4 Å². The maximum absolute atomic E-state index is 12.1. The van der Waals surface area contributed by atoms with Gasteiger partial charge in [-0.2, -0.15) is 0 Å². The first kappa shape index (κ1) is 15.4. The lowest BCUT2D eigenvalue weighted by Crippen LogP contribution is -2.34. The molecule has 1 amide bonds. The van der Waals surface area contributed by atoms with Crippen molar-refractivity contribution in [2.24, 2.45) is 0 Å². The van der Waals surface area contributed by atoms with E-state index in [0.29, 0.717) is 5.56 Å². The number of hydrogen-bond donors (Lipinski definition) is 2. The Bertz CT molecular complexity index is 663. The average Bonchev–Trinajstić information content (AvgIpc) is 2.41. The highest BCUT2D eigenvalue weighted by atomic mass is 127. The standard InChI is InChI=1S/C14H10BrIN2OS/c15-10-6-2-4-8-12(10)17-14(20)18-13(19)9-5-1-3-7-11(9)16/h1-8H,(H2,17,18,19,20). The first-order valence-corrected chi connectivity index (χ1v) is 7.97. The smallest absolute Gasteiger partial charge is 0.258 e. The molecule has 0 saturated carbocycles. The Hall–Kier alpha value is -0.990. The molecule has 0 atom stereocenters. The summed E-state index contributed by atoms with van der Waals surface area (Å²) in [6.45, 7) is 0. The van der Waals surface area contributed by atoms with Crippen LogP contribution in [-0.2, 0) is 0 Å². The number of benzene rings is 2. The highest BCUT2D eigenvalue weighted by Crippen LogP contribution is 2.21. The Labute approximate surface area is 144 Å². The molecule has 2 N–H and O–H groups in total. The highest BCUT2D eigenvalue weighted by molar-refractivity contribution is 14.1. The van der Waals surface area contributed by atoms with Gasteiger partial charge in [-0.05, 0) is 75.0 Å². The summed E-state index contributed by atoms with van der Waals surface area (Å²) in [4.78, 5) is 12.1. The van der Waals surface area contributed by atoms with Gasteiger partial charge < -0.3 is 5.32 Å². The largest absolute Gasteiger partial charge is 0.331 e. The first-order valence-electron chi connectivity index (χ1n) is 5.69. The number of nitrogens with one attached hydrogen (secondary N) is 2. The number of anilines is 1. The zero-order valence-corrected chi connectivity index (χ0v) is 14.8. The molecule has 0 heterocycles. The highest BCUT2D eigenvalue weighted by Gasteiger charge is 2.11. The fourth-order valence-electron chi connectivity index (χ4n) is 1.53. The van der Waals surface area contributed by atoms with E-state index in [1.165, 1.54) is 0 Å². The Kier molecular flexibility index (Phi) is 5.50. The van der Waals surface area contributed by atoms with Crippen molar-refractivity contribution in [3.8, 4) is 0 Å². The summed E-state index contributed by atoms with van der Waals surface area (Å²) in [6, 6.07) is 14.9. The molecule has 2 rings (SSSR count). The van der Waals surface area contributed by atoms with Crippen molar-refractivity contribution in [3.05, 3.63) is 62.1 Å². The topological polar surface area (TPSA) is 41.1 Å². The minimum atomic E-state index is -0.223. The number of carbonyl (C=O) groups is 1. The quantitative estimate of drug-likeness (QED) is 0.521. The average molecular weight is 461 g/mol. The van der Waals surface area contributed by atoms with Gasteiger partial charge in [-0.3, -0.25) is 10.1 Å². The van der Waals surface area contributed by atoms with Gasteiger partial charge in [0.2, 0.25) is 0 Å². The van der Waals surface area contributed by atoms with Crippen LogP contribution >= 0.6 is 50.7 Å². The Morgan fingerprint density at radius 3 is 2.45 bits per heavy atom. The Morgan fingerprint density at radius 2 is 1.75 bits per heavy atom. The van der Waals surface area contributed by atoms with Gasteiger partial charge in [0.15, 0.2) is 5.11 Å². The summed E-state index contributed by atoms with van der Waals surface area (Å²) in [5.74, 6) is -0.223. The molecule has 0 bridgehead atoms. The van der Waals surface area contributed by atoms with E-state index in [1.807, 2.05) is 42.5 Å². The van der Waals surface area contributed by atoms with Crippen LogP contribution in [0.15, 0.2) is 53.0 Å². The van der Waals surface area contributed by atoms with Crippen LogP contribution in [0.1, 0.15) is 10.4 Å². The second-order valence-electron chi connectivity index (χ2n) is 3.87. The van der Waals surface area contributed by atoms with Crippen LogP contribution in [0.2, 0.25) is 0 Å². The lowest BCUT2D eigenvalue weighted by molar-refractivity contribution is 0.0977. The normalized spacial score (nSPS) is 9.90. The van der Waals surface area contributed by atoms with Crippen molar-refractivity contribution in [2.75, 3.05) is 5.32 Å². The van der Waals surface area contributed by atoms with Gasteiger partial charge in [-0.1, -0.05) is 24.3 Å². The van der Waals surface area contributed by atoms with E-state index in [4.69, 9.17) is 12.2 Å². The zero-order valence-electron chi connectivity index (χ0n) is 10.2. The lowest BCUT2D eigenvalue weighted by Gasteiger charge is -2.11. The fraction of sp³-hybridized carbons (Fsp3) is 0. The number of thiocarbonyl (C=S) groups is 1. The maximum atomic E-state index is 12.1. The molecular weight excluding hydrogens is 451 g/mol. The van der Waals surface area contributed by atoms with Crippen LogP contribution in [0.4, 0.5) is 5.69 Å². The predicted octanol–water partition coefficient (Wildman–Crippen LogP) is 4.18. The molecule has 6 heteroatoms. The molecule has 0 fully saturated rings. The molecule has 0 saturated heterocycles. The monoisotopic (exact) mass is 460 g/mol. The second kappa shape index (κ2) is 7.14. The third-order valence-electron chi connectivity index (χ3n) is 2.47. The van der Waals surface area contributed by atoms with E-state index in [0.717, 1.165) is 13.7 Å². The fourth-order valence-corrected chi connectivity index (χ4v) is 2.75. The van der Waals surface area contributed by atoms with Crippen molar-refractivity contribution in [2.45, 2.75) is 0 Å². The summed E-state index contributed by atoms with van der Waals surface area (Å²) < 4.78 is 1.76. The molecule has 0 aromatic heterocycles. The third-order valence-corrected chi connectivity index (χ3v) is 4.30. The molecule has 2 aromatic carbocycles. The van der Waals surface area contributed by atoms with Gasteiger partial charge in [0.25, 0.3) is 5.91 Å². The van der Waals surface area contributed by atoms with E-state index >= 15 is 0 Å². The van der Waals surface area contributed by atoms with Gasteiger partial charge in [0.05, 0.1) is 11.3 Å². The second-order valence-corrected chi connectivity index (χ2v) is 6.29. The third kappa shape index (κ3) is 4.00. The summed E-state index contributed by atoms with van der Waals surface area (Å²) in [6.07, 6.45) is 0. The van der Waals surface area contributed by atoms with E-state index in [2.05, 4.69) is 49.2 Å². The number of amides is 1. The van der Waals surface area contributed by atoms with Crippen LogP contribution in [0.25, 0.3) is 0 Å². The van der Waals surface area contributed by atoms with Gasteiger partial charge in [0.1, 0.15) is 0 Å². The molecule has 20 heavy (non-hydrogen) atoms. The number of para-hydroxylation sites is 1. The van der Waals surface area contributed by atoms with Crippen molar-refractivity contribution < 1.29 is 4.79 Å². The zero-order chi connectivity index (χ0) is 14.5. The van der Waals surface area contributed by atoms with Crippen LogP contribution in [0.5, 0.6) is 0 Å². The molecule has 0 radical (unpaired) electrons. The molecule has 0 aliphatic heterocycles. The van der Waals surface area contributed by atoms with Crippen molar-refractivity contribution in [3.63, 3.8) is 0 Å². The molecule has 0 aliphatic carbocycles. The van der Waals surface area contributed by atoms with Gasteiger partial charge >= 0.3 is 0 Å². The summed E-state index contributed by atoms with van der Waals surface area (Å²) in [7, 11) is 0. The van der Waals surface area contributed by atoms with Gasteiger partial charge in [-0.25, -0.2) is 0 Å². The van der Waals surface area contributed by atoms with E-state index in [9.17, 15) is 4.79 Å². The molecule has 0 spiro atoms. The first-order chi connectivity index (χ1) is 9.58. The molecule has 0 aliphatic rings. The van der Waals surface area contributed by atoms with Crippen molar-refractivity contribution in [1.29, 1.82) is 0 Å². The van der Waals surface area contributed by atoms with E-state index in [1.54, 1.807) is 6.07 Å². The summed E-state index contributed by atoms with van der Waals surface area (Å²) >= 11 is 10.7. The van der Waals surface area contributed by atoms with Crippen LogP contribution in [0, 0.1) is 3.57 Å². The molecule has 3 nitrogen and oxygen atoms in total. The van der Waals surface area contributed by atoms with Crippen LogP contribution in [0.3, 0.4) is 0 Å². The van der Waals surface area contributed by atoms with Gasteiger partial charge in [0, 0.05) is 8.04 Å². The Morgan fingerprint density at radius 1 is 1.10 bits per heavy atom. The molecule has 2 aromatic rings. The minimum absolute atomic E-state index is 0.223. The van der Waals surface area contributed by atoms with E-state index in [-0.39, 0.29) is 11.0 Å². The number of halogens is 2.